The molecular weight excluding hydrogens is 234 g/mol. The van der Waals surface area contributed by atoms with Gasteiger partial charge >= 0.3 is 5.97 Å². The van der Waals surface area contributed by atoms with E-state index in [0.29, 0.717) is 12.2 Å². The highest BCUT2D eigenvalue weighted by Crippen LogP contribution is 2.15. The van der Waals surface area contributed by atoms with Crippen molar-refractivity contribution in [2.75, 3.05) is 6.61 Å². The van der Waals surface area contributed by atoms with Gasteiger partial charge in [-0.15, -0.1) is 0 Å². The third kappa shape index (κ3) is 4.10. The first-order valence-corrected chi connectivity index (χ1v) is 5.87. The minimum Gasteiger partial charge on any atom is -0.434 e. The van der Waals surface area contributed by atoms with Crippen LogP contribution in [0.15, 0.2) is 30.3 Å². The number of nitrogens with two attached hydrogens (primary N) is 1. The van der Waals surface area contributed by atoms with Crippen LogP contribution in [0.2, 0.25) is 0 Å². The van der Waals surface area contributed by atoms with Gasteiger partial charge in [0, 0.05) is 6.61 Å². The predicted molar refractivity (Wildman–Crippen MR) is 66.6 cm³/mol. The van der Waals surface area contributed by atoms with Crippen LogP contribution in [0.3, 0.4) is 0 Å². The summed E-state index contributed by atoms with van der Waals surface area (Å²) >= 11 is 0. The average molecular weight is 253 g/mol. The molecule has 3 N–H and O–H groups in total. The quantitative estimate of drug-likeness (QED) is 0.583. The van der Waals surface area contributed by atoms with Crippen LogP contribution in [-0.4, -0.2) is 30.1 Å². The maximum atomic E-state index is 11.6. The largest absolute Gasteiger partial charge is 0.434 e. The molecule has 1 rings (SSSR count). The zero-order valence-corrected chi connectivity index (χ0v) is 10.6. The van der Waals surface area contributed by atoms with Gasteiger partial charge in [-0.1, -0.05) is 30.3 Å². The molecule has 5 heteroatoms. The molecule has 0 aliphatic rings. The van der Waals surface area contributed by atoms with E-state index in [4.69, 9.17) is 15.2 Å². The van der Waals surface area contributed by atoms with Gasteiger partial charge in [0.1, 0.15) is 0 Å². The molecule has 1 aromatic rings. The molecule has 0 fully saturated rings. The van der Waals surface area contributed by atoms with E-state index in [9.17, 15) is 9.90 Å². The van der Waals surface area contributed by atoms with Gasteiger partial charge in [-0.25, -0.2) is 4.79 Å². The lowest BCUT2D eigenvalue weighted by Gasteiger charge is -2.20. The van der Waals surface area contributed by atoms with E-state index in [0.717, 1.165) is 0 Å². The maximum absolute atomic E-state index is 11.6. The van der Waals surface area contributed by atoms with E-state index < -0.39 is 24.4 Å². The molecular formula is C13H19NO4. The van der Waals surface area contributed by atoms with Gasteiger partial charge in [-0.2, -0.15) is 0 Å². The fourth-order valence-electron chi connectivity index (χ4n) is 1.51. The van der Waals surface area contributed by atoms with Crippen molar-refractivity contribution in [2.45, 2.75) is 32.3 Å². The summed E-state index contributed by atoms with van der Waals surface area (Å²) in [6, 6.07) is 8.08. The highest BCUT2D eigenvalue weighted by molar-refractivity contribution is 5.75. The molecule has 5 nitrogen and oxygen atoms in total. The van der Waals surface area contributed by atoms with Crippen LogP contribution in [0, 0.1) is 0 Å². The van der Waals surface area contributed by atoms with Gasteiger partial charge in [0.25, 0.3) is 0 Å². The van der Waals surface area contributed by atoms with E-state index in [2.05, 4.69) is 0 Å². The summed E-state index contributed by atoms with van der Waals surface area (Å²) in [7, 11) is 0. The van der Waals surface area contributed by atoms with E-state index in [1.54, 1.807) is 38.1 Å². The number of rotatable bonds is 6. The summed E-state index contributed by atoms with van der Waals surface area (Å²) in [6.45, 7) is 3.80. The minimum atomic E-state index is -1.41. The molecule has 1 aromatic carbocycles. The second kappa shape index (κ2) is 7.10. The molecule has 0 spiro atoms. The van der Waals surface area contributed by atoms with Crippen molar-refractivity contribution in [3.8, 4) is 0 Å². The summed E-state index contributed by atoms with van der Waals surface area (Å²) < 4.78 is 9.96. The third-order valence-corrected chi connectivity index (χ3v) is 2.45. The highest BCUT2D eigenvalue weighted by Gasteiger charge is 2.27. The van der Waals surface area contributed by atoms with Gasteiger partial charge in [0.2, 0.25) is 0 Å². The van der Waals surface area contributed by atoms with E-state index >= 15 is 0 Å². The monoisotopic (exact) mass is 253 g/mol. The lowest BCUT2D eigenvalue weighted by atomic mass is 10.0. The van der Waals surface area contributed by atoms with Crippen LogP contribution >= 0.6 is 0 Å². The van der Waals surface area contributed by atoms with E-state index in [-0.39, 0.29) is 0 Å². The van der Waals surface area contributed by atoms with Crippen molar-refractivity contribution in [3.63, 3.8) is 0 Å². The van der Waals surface area contributed by atoms with Crippen molar-refractivity contribution in [1.82, 2.24) is 0 Å². The lowest BCUT2D eigenvalue weighted by Crippen LogP contribution is -2.36. The molecule has 0 saturated heterocycles. The van der Waals surface area contributed by atoms with Crippen LogP contribution in [-0.2, 0) is 14.3 Å². The molecule has 0 radical (unpaired) electrons. The number of esters is 1. The predicted octanol–water partition coefficient (Wildman–Crippen LogP) is 0.973. The maximum Gasteiger partial charge on any atom is 0.339 e. The topological polar surface area (TPSA) is 81.8 Å². The van der Waals surface area contributed by atoms with Crippen molar-refractivity contribution >= 4 is 5.97 Å². The Morgan fingerprint density at radius 2 is 2.00 bits per heavy atom. The van der Waals surface area contributed by atoms with Crippen LogP contribution in [0.4, 0.5) is 0 Å². The van der Waals surface area contributed by atoms with Crippen molar-refractivity contribution in [3.05, 3.63) is 35.9 Å². The summed E-state index contributed by atoms with van der Waals surface area (Å²) in [5.74, 6) is -0.785. The Hall–Kier alpha value is -1.43. The number of hydrogen-bond donors (Lipinski definition) is 2. The fourth-order valence-corrected chi connectivity index (χ4v) is 1.51. The second-order valence-corrected chi connectivity index (χ2v) is 3.84. The first-order chi connectivity index (χ1) is 8.56. The zero-order valence-electron chi connectivity index (χ0n) is 10.6. The van der Waals surface area contributed by atoms with E-state index in [1.165, 1.54) is 0 Å². The van der Waals surface area contributed by atoms with Crippen LogP contribution in [0.25, 0.3) is 0 Å². The normalized spacial score (nSPS) is 15.8. The minimum absolute atomic E-state index is 0.426. The Labute approximate surface area is 107 Å². The average Bonchev–Trinajstić information content (AvgIpc) is 2.38. The molecule has 0 amide bonds. The van der Waals surface area contributed by atoms with Crippen LogP contribution < -0.4 is 5.73 Å². The van der Waals surface area contributed by atoms with Gasteiger partial charge in [-0.05, 0) is 19.4 Å². The van der Waals surface area contributed by atoms with Crippen molar-refractivity contribution < 1.29 is 19.4 Å². The van der Waals surface area contributed by atoms with Gasteiger partial charge in [0.05, 0.1) is 6.04 Å². The smallest absolute Gasteiger partial charge is 0.339 e. The summed E-state index contributed by atoms with van der Waals surface area (Å²) in [5.41, 5.74) is 6.47. The molecule has 2 unspecified atom stereocenters. The molecule has 0 aliphatic carbocycles. The van der Waals surface area contributed by atoms with Crippen molar-refractivity contribution in [2.24, 2.45) is 5.73 Å². The standard InChI is InChI=1S/C13H19NO4/c1-3-17-9(2)18-13(16)12(15)11(14)10-7-5-4-6-8-10/h4-9,11-12,15H,3,14H2,1-2H3/t9?,11-,12?/m1/s1. The first kappa shape index (κ1) is 14.6. The van der Waals surface area contributed by atoms with Crippen LogP contribution in [0.1, 0.15) is 25.5 Å². The Bertz CT molecular complexity index is 369. The molecule has 18 heavy (non-hydrogen) atoms. The number of carbonyl (C=O) groups excluding carboxylic acids is 1. The second-order valence-electron chi connectivity index (χ2n) is 3.84. The molecule has 0 aromatic heterocycles. The van der Waals surface area contributed by atoms with Gasteiger partial charge in [0.15, 0.2) is 12.4 Å². The van der Waals surface area contributed by atoms with Crippen molar-refractivity contribution in [1.29, 1.82) is 0 Å². The fraction of sp³-hybridized carbons (Fsp3) is 0.462. The molecule has 0 aliphatic heterocycles. The number of aliphatic hydroxyl groups excluding tert-OH is 1. The number of carbonyl (C=O) groups is 1. The zero-order chi connectivity index (χ0) is 13.5. The number of aliphatic hydroxyl groups is 1. The summed E-state index contributed by atoms with van der Waals surface area (Å²) in [6.07, 6.45) is -2.10. The first-order valence-electron chi connectivity index (χ1n) is 5.87. The Kier molecular flexibility index (Phi) is 5.77. The number of ether oxygens (including phenoxy) is 2. The lowest BCUT2D eigenvalue weighted by molar-refractivity contribution is -0.184. The SMILES string of the molecule is CCOC(C)OC(=O)C(O)[C@H](N)c1ccccc1. The van der Waals surface area contributed by atoms with Gasteiger partial charge < -0.3 is 20.3 Å². The molecule has 100 valence electrons. The summed E-state index contributed by atoms with van der Waals surface area (Å²) in [5, 5.41) is 9.80. The molecule has 0 saturated carbocycles. The Morgan fingerprint density at radius 1 is 1.39 bits per heavy atom. The molecule has 0 bridgehead atoms. The number of benzene rings is 1. The molecule has 0 heterocycles. The molecule has 3 atom stereocenters. The Balaban J connectivity index is 2.58. The van der Waals surface area contributed by atoms with Gasteiger partial charge in [-0.3, -0.25) is 0 Å². The third-order valence-electron chi connectivity index (χ3n) is 2.45. The highest BCUT2D eigenvalue weighted by atomic mass is 16.7. The summed E-state index contributed by atoms with van der Waals surface area (Å²) in [4.78, 5) is 11.6. The Morgan fingerprint density at radius 3 is 2.56 bits per heavy atom. The van der Waals surface area contributed by atoms with Crippen LogP contribution in [0.5, 0.6) is 0 Å². The number of hydrogen-bond acceptors (Lipinski definition) is 5. The van der Waals surface area contributed by atoms with E-state index in [1.807, 2.05) is 6.07 Å².